The van der Waals surface area contributed by atoms with Gasteiger partial charge in [0.15, 0.2) is 0 Å². The molecule has 3 aromatic rings. The van der Waals surface area contributed by atoms with E-state index in [9.17, 15) is 9.90 Å². The van der Waals surface area contributed by atoms with Crippen molar-refractivity contribution in [3.05, 3.63) is 77.1 Å². The summed E-state index contributed by atoms with van der Waals surface area (Å²) < 4.78 is 7.58. The van der Waals surface area contributed by atoms with Crippen molar-refractivity contribution >= 4 is 6.09 Å². The summed E-state index contributed by atoms with van der Waals surface area (Å²) in [5.74, 6) is 2.60. The summed E-state index contributed by atoms with van der Waals surface area (Å²) in [5.41, 5.74) is 6.95. The lowest BCUT2D eigenvalue weighted by atomic mass is 9.44. The van der Waals surface area contributed by atoms with Gasteiger partial charge in [-0.3, -0.25) is 0 Å². The zero-order valence-electron chi connectivity index (χ0n) is 24.6. The molecule has 1 heterocycles. The first kappa shape index (κ1) is 25.8. The number of aliphatic hydroxyl groups is 1. The molecule has 1 N–H and O–H groups in total. The van der Waals surface area contributed by atoms with E-state index >= 15 is 0 Å². The van der Waals surface area contributed by atoms with Crippen LogP contribution in [0, 0.1) is 34.5 Å². The number of carbonyl (C=O) groups is 1. The summed E-state index contributed by atoms with van der Waals surface area (Å²) in [6.07, 6.45) is 10.4. The Morgan fingerprint density at radius 1 is 0.951 bits per heavy atom. The summed E-state index contributed by atoms with van der Waals surface area (Å²) in [6.45, 7) is 7.30. The summed E-state index contributed by atoms with van der Waals surface area (Å²) >= 11 is 0. The van der Waals surface area contributed by atoms with Gasteiger partial charge in [0.25, 0.3) is 0 Å². The number of nitrogens with zero attached hydrogens (tertiary/aromatic N) is 2. The van der Waals surface area contributed by atoms with Gasteiger partial charge in [-0.05, 0) is 121 Å². The third-order valence-electron chi connectivity index (χ3n) is 13.1. The second-order valence-electron chi connectivity index (χ2n) is 14.6. The average Bonchev–Trinajstić information content (AvgIpc) is 3.59. The van der Waals surface area contributed by atoms with E-state index < -0.39 is 5.60 Å². The second-order valence-corrected chi connectivity index (χ2v) is 14.6. The number of ether oxygens (including phenoxy) is 1. The van der Waals surface area contributed by atoms with Crippen molar-refractivity contribution in [3.63, 3.8) is 0 Å². The smallest absolute Gasteiger partial charge is 0.434 e. The van der Waals surface area contributed by atoms with Crippen molar-refractivity contribution in [2.45, 2.75) is 83.7 Å². The molecule has 41 heavy (non-hydrogen) atoms. The number of rotatable bonds is 2. The maximum atomic E-state index is 13.5. The average molecular weight is 551 g/mol. The van der Waals surface area contributed by atoms with Crippen molar-refractivity contribution in [2.24, 2.45) is 34.5 Å². The Bertz CT molecular complexity index is 1490. The van der Waals surface area contributed by atoms with Crippen LogP contribution in [0.4, 0.5) is 4.79 Å². The van der Waals surface area contributed by atoms with Crippen LogP contribution in [0.25, 0.3) is 11.1 Å². The first-order valence-electron chi connectivity index (χ1n) is 15.8. The van der Waals surface area contributed by atoms with Crippen molar-refractivity contribution in [3.8, 4) is 11.1 Å². The Labute approximate surface area is 243 Å². The minimum atomic E-state index is -0.537. The Hall–Kier alpha value is -2.92. The van der Waals surface area contributed by atoms with Gasteiger partial charge in [0.05, 0.1) is 17.5 Å². The van der Waals surface area contributed by atoms with Gasteiger partial charge in [0.1, 0.15) is 6.61 Å². The fourth-order valence-corrected chi connectivity index (χ4v) is 10.6. The monoisotopic (exact) mass is 550 g/mol. The molecule has 3 fully saturated rings. The lowest BCUT2D eigenvalue weighted by Crippen LogP contribution is -2.56. The predicted octanol–water partition coefficient (Wildman–Crippen LogP) is 7.39. The fraction of sp³-hybridized carbons (Fsp3) is 0.556. The van der Waals surface area contributed by atoms with Crippen LogP contribution in [-0.2, 0) is 17.6 Å². The highest BCUT2D eigenvalue weighted by molar-refractivity contribution is 5.79. The molecule has 4 unspecified atom stereocenters. The largest absolute Gasteiger partial charge is 0.447 e. The Morgan fingerprint density at radius 2 is 1.63 bits per heavy atom. The summed E-state index contributed by atoms with van der Waals surface area (Å²) in [5, 5.41) is 15.9. The molecule has 0 radical (unpaired) electrons. The molecule has 0 amide bonds. The van der Waals surface area contributed by atoms with Crippen molar-refractivity contribution < 1.29 is 14.6 Å². The molecule has 7 atom stereocenters. The van der Waals surface area contributed by atoms with Gasteiger partial charge in [-0.25, -0.2) is 4.79 Å². The standard InChI is InChI=1S/C36H42N2O3/c1-34-19-22-20-37-38(33(39)41-21-29-26-10-6-4-8-24(26)25-9-5-7-11-27(25)29)32(22)18-23(34)12-13-28-30(34)14-16-35(2)31(28)15-17-36(35,3)40/h4-11,20,23,28-31,40H,12-19,21H2,1-3H3/t23?,28?,30?,31?,34-,35-,36-/m0/s1. The van der Waals surface area contributed by atoms with Crippen LogP contribution >= 0.6 is 0 Å². The van der Waals surface area contributed by atoms with E-state index in [1.807, 2.05) is 6.20 Å². The lowest BCUT2D eigenvalue weighted by molar-refractivity contribution is -0.139. The van der Waals surface area contributed by atoms with Gasteiger partial charge >= 0.3 is 6.09 Å². The van der Waals surface area contributed by atoms with Crippen molar-refractivity contribution in [2.75, 3.05) is 6.61 Å². The first-order valence-corrected chi connectivity index (χ1v) is 15.8. The van der Waals surface area contributed by atoms with Gasteiger partial charge < -0.3 is 9.84 Å². The molecule has 5 aliphatic carbocycles. The number of carbonyl (C=O) groups excluding carboxylic acids is 1. The molecule has 5 heteroatoms. The van der Waals surface area contributed by atoms with Crippen LogP contribution in [0.2, 0.25) is 0 Å². The van der Waals surface area contributed by atoms with Crippen LogP contribution < -0.4 is 0 Å². The van der Waals surface area contributed by atoms with E-state index in [-0.39, 0.29) is 22.8 Å². The summed E-state index contributed by atoms with van der Waals surface area (Å²) in [6, 6.07) is 16.9. The number of fused-ring (bicyclic) bond motifs is 9. The fourth-order valence-electron chi connectivity index (χ4n) is 10.6. The molecule has 0 bridgehead atoms. The molecule has 8 rings (SSSR count). The molecule has 5 nitrogen and oxygen atoms in total. The molecule has 3 saturated carbocycles. The zero-order chi connectivity index (χ0) is 28.1. The highest BCUT2D eigenvalue weighted by atomic mass is 16.6. The number of hydrogen-bond acceptors (Lipinski definition) is 4. The Kier molecular flexibility index (Phi) is 5.53. The minimum absolute atomic E-state index is 0.0460. The summed E-state index contributed by atoms with van der Waals surface area (Å²) in [4.78, 5) is 13.5. The van der Waals surface area contributed by atoms with Gasteiger partial charge in [-0.1, -0.05) is 62.4 Å². The van der Waals surface area contributed by atoms with E-state index in [1.165, 1.54) is 47.1 Å². The van der Waals surface area contributed by atoms with Crippen LogP contribution in [-0.4, -0.2) is 33.2 Å². The van der Waals surface area contributed by atoms with Gasteiger partial charge in [0, 0.05) is 5.92 Å². The number of hydrogen-bond donors (Lipinski definition) is 1. The van der Waals surface area contributed by atoms with Crippen molar-refractivity contribution in [1.82, 2.24) is 9.78 Å². The topological polar surface area (TPSA) is 64.4 Å². The molecule has 5 aliphatic rings. The third-order valence-corrected chi connectivity index (χ3v) is 13.1. The van der Waals surface area contributed by atoms with E-state index in [4.69, 9.17) is 4.74 Å². The number of benzene rings is 2. The van der Waals surface area contributed by atoms with Crippen LogP contribution in [0.1, 0.15) is 87.6 Å². The second kappa shape index (κ2) is 8.80. The Balaban J connectivity index is 1.02. The van der Waals surface area contributed by atoms with E-state index in [1.54, 1.807) is 4.68 Å². The molecule has 0 spiro atoms. The molecule has 1 aromatic heterocycles. The molecule has 0 saturated heterocycles. The third kappa shape index (κ3) is 3.51. The van der Waals surface area contributed by atoms with E-state index in [0.717, 1.165) is 37.8 Å². The minimum Gasteiger partial charge on any atom is -0.447 e. The van der Waals surface area contributed by atoms with Crippen molar-refractivity contribution in [1.29, 1.82) is 0 Å². The van der Waals surface area contributed by atoms with E-state index in [0.29, 0.717) is 30.3 Å². The predicted molar refractivity (Wildman–Crippen MR) is 159 cm³/mol. The summed E-state index contributed by atoms with van der Waals surface area (Å²) in [7, 11) is 0. The molecule has 0 aliphatic heterocycles. The highest BCUT2D eigenvalue weighted by Crippen LogP contribution is 2.67. The quantitative estimate of drug-likeness (QED) is 0.361. The molecular weight excluding hydrogens is 508 g/mol. The van der Waals surface area contributed by atoms with Gasteiger partial charge in [-0.15, -0.1) is 0 Å². The SMILES string of the molecule is C[C@]12Cc3cnn(C(=O)OCC4c5ccccc5-c5ccccc54)c3CC1CCC1C2CC[C@@]2(C)C1CC[C@]2(C)O. The maximum absolute atomic E-state index is 13.5. The highest BCUT2D eigenvalue weighted by Gasteiger charge is 2.63. The van der Waals surface area contributed by atoms with Crippen LogP contribution in [0.5, 0.6) is 0 Å². The van der Waals surface area contributed by atoms with Crippen LogP contribution in [0.3, 0.4) is 0 Å². The molecular formula is C36H42N2O3. The Morgan fingerprint density at radius 3 is 2.37 bits per heavy atom. The van der Waals surface area contributed by atoms with Gasteiger partial charge in [0.2, 0.25) is 0 Å². The van der Waals surface area contributed by atoms with Crippen LogP contribution in [0.15, 0.2) is 54.7 Å². The van der Waals surface area contributed by atoms with E-state index in [2.05, 4.69) is 74.4 Å². The normalized spacial score (nSPS) is 36.9. The molecule has 2 aromatic carbocycles. The zero-order valence-corrected chi connectivity index (χ0v) is 24.6. The van der Waals surface area contributed by atoms with Gasteiger partial charge in [-0.2, -0.15) is 9.78 Å². The maximum Gasteiger partial charge on any atom is 0.434 e. The number of aromatic nitrogens is 2. The first-order chi connectivity index (χ1) is 19.7. The molecule has 214 valence electrons. The lowest BCUT2D eigenvalue weighted by Gasteiger charge is -2.60.